The molecule has 1 N–H and O–H groups in total. The highest BCUT2D eigenvalue weighted by atomic mass is 16.1. The number of carbonyl (C=O) groups excluding carboxylic acids is 1. The van der Waals surface area contributed by atoms with Crippen molar-refractivity contribution in [3.8, 4) is 12.3 Å². The molecule has 0 bridgehead atoms. The van der Waals surface area contributed by atoms with E-state index in [-0.39, 0.29) is 11.3 Å². The van der Waals surface area contributed by atoms with Crippen LogP contribution in [0.1, 0.15) is 34.1 Å². The zero-order valence-electron chi connectivity index (χ0n) is 9.11. The maximum Gasteiger partial charge on any atom is 0.186 e. The van der Waals surface area contributed by atoms with Crippen LogP contribution in [0.3, 0.4) is 0 Å². The third kappa shape index (κ3) is 4.69. The average Bonchev–Trinajstić information content (AvgIpc) is 2.01. The Hall–Kier alpha value is -0.810. The van der Waals surface area contributed by atoms with E-state index in [9.17, 15) is 4.79 Å². The summed E-state index contributed by atoms with van der Waals surface area (Å²) in [6, 6.07) is 0. The fourth-order valence-corrected chi connectivity index (χ4v) is 1.08. The predicted molar refractivity (Wildman–Crippen MR) is 54.6 cm³/mol. The number of nitrogens with one attached hydrogen (secondary N) is 1. The van der Waals surface area contributed by atoms with E-state index < -0.39 is 0 Å². The van der Waals surface area contributed by atoms with Crippen molar-refractivity contribution in [2.75, 3.05) is 13.1 Å². The van der Waals surface area contributed by atoms with E-state index in [1.165, 1.54) is 4.90 Å². The van der Waals surface area contributed by atoms with Gasteiger partial charge in [-0.25, -0.2) is 0 Å². The van der Waals surface area contributed by atoms with E-state index >= 15 is 0 Å². The average molecular weight is 182 g/mol. The summed E-state index contributed by atoms with van der Waals surface area (Å²) in [5.41, 5.74) is 0.0528. The maximum absolute atomic E-state index is 11.3. The van der Waals surface area contributed by atoms with Gasteiger partial charge in [0.1, 0.15) is 13.1 Å². The fourth-order valence-electron chi connectivity index (χ4n) is 1.08. The molecule has 0 aliphatic heterocycles. The quantitative estimate of drug-likeness (QED) is 0.620. The molecule has 0 aromatic carbocycles. The van der Waals surface area contributed by atoms with Crippen LogP contribution in [0, 0.1) is 12.3 Å². The number of carbonyl (C=O) groups is 1. The Balaban J connectivity index is 4.28. The van der Waals surface area contributed by atoms with Crippen LogP contribution in [0.15, 0.2) is 0 Å². The largest absolute Gasteiger partial charge is 0.315 e. The zero-order chi connectivity index (χ0) is 10.5. The highest BCUT2D eigenvalue weighted by molar-refractivity contribution is 5.78. The zero-order valence-corrected chi connectivity index (χ0v) is 9.11. The number of Topliss-reactive ketones (excluding diaryl/α,β-unsaturated/α-hetero) is 1. The number of hydrogen-bond acceptors (Lipinski definition) is 1. The third-order valence-electron chi connectivity index (χ3n) is 2.18. The summed E-state index contributed by atoms with van der Waals surface area (Å²) in [5, 5.41) is 0. The number of terminal acetylenes is 1. The molecule has 0 fully saturated rings. The Morgan fingerprint density at radius 1 is 1.46 bits per heavy atom. The van der Waals surface area contributed by atoms with E-state index in [1.807, 2.05) is 6.92 Å². The highest BCUT2D eigenvalue weighted by Gasteiger charge is 2.25. The molecular formula is C11H20NO+. The SMILES string of the molecule is C#CC[NH+](CC(=O)CC)C(C)(C)C. The lowest BCUT2D eigenvalue weighted by Crippen LogP contribution is -3.19. The summed E-state index contributed by atoms with van der Waals surface area (Å²) in [6.07, 6.45) is 5.86. The molecular weight excluding hydrogens is 162 g/mol. The van der Waals surface area contributed by atoms with Gasteiger partial charge in [0.05, 0.1) is 5.54 Å². The fraction of sp³-hybridized carbons (Fsp3) is 0.727. The van der Waals surface area contributed by atoms with Crippen molar-refractivity contribution < 1.29 is 9.69 Å². The molecule has 0 aliphatic rings. The number of quaternary nitrogens is 1. The standard InChI is InChI=1S/C11H19NO/c1-6-8-12(11(3,4)5)9-10(13)7-2/h1H,7-9H2,2-5H3/p+1. The van der Waals surface area contributed by atoms with E-state index in [0.29, 0.717) is 19.5 Å². The molecule has 2 heteroatoms. The molecule has 0 spiro atoms. The first-order chi connectivity index (χ1) is 5.91. The molecule has 0 rings (SSSR count). The first-order valence-electron chi connectivity index (χ1n) is 4.72. The van der Waals surface area contributed by atoms with Gasteiger partial charge < -0.3 is 4.90 Å². The molecule has 0 heterocycles. The van der Waals surface area contributed by atoms with Crippen LogP contribution in [-0.4, -0.2) is 24.4 Å². The summed E-state index contributed by atoms with van der Waals surface area (Å²) < 4.78 is 0. The minimum Gasteiger partial charge on any atom is -0.315 e. The van der Waals surface area contributed by atoms with Gasteiger partial charge in [0.25, 0.3) is 0 Å². The van der Waals surface area contributed by atoms with Crippen molar-refractivity contribution in [1.82, 2.24) is 0 Å². The number of hydrogen-bond donors (Lipinski definition) is 1. The molecule has 2 nitrogen and oxygen atoms in total. The summed E-state index contributed by atoms with van der Waals surface area (Å²) in [4.78, 5) is 12.4. The summed E-state index contributed by atoms with van der Waals surface area (Å²) in [7, 11) is 0. The van der Waals surface area contributed by atoms with Crippen molar-refractivity contribution in [1.29, 1.82) is 0 Å². The van der Waals surface area contributed by atoms with Gasteiger partial charge >= 0.3 is 0 Å². The molecule has 0 aromatic heterocycles. The molecule has 0 saturated heterocycles. The van der Waals surface area contributed by atoms with Crippen molar-refractivity contribution in [3.63, 3.8) is 0 Å². The van der Waals surface area contributed by atoms with Gasteiger partial charge in [0.15, 0.2) is 5.78 Å². The number of ketones is 1. The molecule has 74 valence electrons. The van der Waals surface area contributed by atoms with Crippen LogP contribution in [0.4, 0.5) is 0 Å². The van der Waals surface area contributed by atoms with E-state index in [1.54, 1.807) is 0 Å². The van der Waals surface area contributed by atoms with Crippen molar-refractivity contribution in [2.45, 2.75) is 39.7 Å². The van der Waals surface area contributed by atoms with Gasteiger partial charge in [-0.3, -0.25) is 4.79 Å². The van der Waals surface area contributed by atoms with Crippen molar-refractivity contribution in [2.24, 2.45) is 0 Å². The molecule has 0 radical (unpaired) electrons. The van der Waals surface area contributed by atoms with Gasteiger partial charge in [0.2, 0.25) is 0 Å². The minimum absolute atomic E-state index is 0.0528. The van der Waals surface area contributed by atoms with E-state index in [4.69, 9.17) is 6.42 Å². The van der Waals surface area contributed by atoms with Crippen LogP contribution >= 0.6 is 0 Å². The molecule has 0 amide bonds. The maximum atomic E-state index is 11.3. The molecule has 13 heavy (non-hydrogen) atoms. The topological polar surface area (TPSA) is 21.5 Å². The lowest BCUT2D eigenvalue weighted by Gasteiger charge is -2.30. The molecule has 0 saturated carbocycles. The van der Waals surface area contributed by atoms with Crippen molar-refractivity contribution >= 4 is 5.78 Å². The predicted octanol–water partition coefficient (Wildman–Crippen LogP) is 0.282. The lowest BCUT2D eigenvalue weighted by atomic mass is 10.1. The number of rotatable bonds is 4. The normalized spacial score (nSPS) is 13.5. The van der Waals surface area contributed by atoms with Gasteiger partial charge in [-0.1, -0.05) is 6.92 Å². The van der Waals surface area contributed by atoms with Crippen molar-refractivity contribution in [3.05, 3.63) is 0 Å². The summed E-state index contributed by atoms with van der Waals surface area (Å²) >= 11 is 0. The molecule has 0 aromatic rings. The summed E-state index contributed by atoms with van der Waals surface area (Å²) in [5.74, 6) is 2.89. The Morgan fingerprint density at radius 2 is 2.00 bits per heavy atom. The van der Waals surface area contributed by atoms with Gasteiger partial charge in [-0.2, -0.15) is 0 Å². The molecule has 1 unspecified atom stereocenters. The molecule has 0 aliphatic carbocycles. The lowest BCUT2D eigenvalue weighted by molar-refractivity contribution is -0.932. The Morgan fingerprint density at radius 3 is 2.31 bits per heavy atom. The Kier molecular flexibility index (Phi) is 4.72. The van der Waals surface area contributed by atoms with E-state index in [0.717, 1.165) is 0 Å². The second kappa shape index (κ2) is 5.04. The van der Waals surface area contributed by atoms with Gasteiger partial charge in [0, 0.05) is 6.42 Å². The smallest absolute Gasteiger partial charge is 0.186 e. The van der Waals surface area contributed by atoms with Crippen LogP contribution in [-0.2, 0) is 4.79 Å². The Labute approximate surface area is 81.3 Å². The second-order valence-electron chi connectivity index (χ2n) is 4.30. The van der Waals surface area contributed by atoms with Crippen LogP contribution in [0.5, 0.6) is 0 Å². The van der Waals surface area contributed by atoms with Gasteiger partial charge in [-0.05, 0) is 26.7 Å². The van der Waals surface area contributed by atoms with Gasteiger partial charge in [-0.15, -0.1) is 6.42 Å². The highest BCUT2D eigenvalue weighted by Crippen LogP contribution is 1.92. The Bertz CT molecular complexity index is 207. The summed E-state index contributed by atoms with van der Waals surface area (Å²) in [6.45, 7) is 9.35. The second-order valence-corrected chi connectivity index (χ2v) is 4.30. The van der Waals surface area contributed by atoms with Crippen LogP contribution < -0.4 is 4.90 Å². The first-order valence-corrected chi connectivity index (χ1v) is 4.72. The van der Waals surface area contributed by atoms with Crippen LogP contribution in [0.25, 0.3) is 0 Å². The third-order valence-corrected chi connectivity index (χ3v) is 2.18. The monoisotopic (exact) mass is 182 g/mol. The molecule has 1 atom stereocenters. The minimum atomic E-state index is 0.0528. The van der Waals surface area contributed by atoms with Crippen LogP contribution in [0.2, 0.25) is 0 Å². The first kappa shape index (κ1) is 12.2. The van der Waals surface area contributed by atoms with E-state index in [2.05, 4.69) is 26.7 Å².